The van der Waals surface area contributed by atoms with Gasteiger partial charge in [-0.1, -0.05) is 0 Å². The summed E-state index contributed by atoms with van der Waals surface area (Å²) in [5, 5.41) is 10.9. The lowest BCUT2D eigenvalue weighted by molar-refractivity contribution is 0.119. The lowest BCUT2D eigenvalue weighted by Gasteiger charge is -2.03. The van der Waals surface area contributed by atoms with Gasteiger partial charge < -0.3 is 15.2 Å². The molecule has 0 saturated carbocycles. The first-order valence-corrected chi connectivity index (χ1v) is 4.59. The Labute approximate surface area is 79.4 Å². The van der Waals surface area contributed by atoms with E-state index in [0.717, 1.165) is 4.88 Å². The van der Waals surface area contributed by atoms with E-state index in [2.05, 4.69) is 15.0 Å². The third kappa shape index (κ3) is 3.86. The van der Waals surface area contributed by atoms with Gasteiger partial charge in [-0.25, -0.2) is 4.79 Å². The Hall–Kier alpha value is -1.14. The Morgan fingerprint density at radius 2 is 2.62 bits per heavy atom. The number of amides is 1. The molecule has 0 fully saturated rings. The summed E-state index contributed by atoms with van der Waals surface area (Å²) < 4.78 is 4.57. The van der Waals surface area contributed by atoms with Crippen molar-refractivity contribution >= 4 is 17.4 Å². The molecule has 1 amide bonds. The predicted octanol–water partition coefficient (Wildman–Crippen LogP) is 0.362. The number of alkyl carbamates (subject to hydrolysis) is 1. The van der Waals surface area contributed by atoms with Crippen LogP contribution in [0.2, 0.25) is 0 Å². The molecular formula is C7H10N2O3S. The minimum atomic E-state index is -0.526. The van der Waals surface area contributed by atoms with Gasteiger partial charge in [-0.05, 0) is 0 Å². The van der Waals surface area contributed by atoms with Gasteiger partial charge in [-0.15, -0.1) is 11.3 Å². The van der Waals surface area contributed by atoms with Crippen molar-refractivity contribution in [1.29, 1.82) is 0 Å². The van der Waals surface area contributed by atoms with Crippen LogP contribution in [0.4, 0.5) is 4.79 Å². The summed E-state index contributed by atoms with van der Waals surface area (Å²) >= 11 is 1.46. The number of nitrogens with zero attached hydrogens (tertiary/aromatic N) is 1. The molecule has 72 valence electrons. The zero-order chi connectivity index (χ0) is 9.52. The summed E-state index contributed by atoms with van der Waals surface area (Å²) in [5.41, 5.74) is 1.69. The number of hydrogen-bond acceptors (Lipinski definition) is 5. The molecule has 0 atom stereocenters. The molecule has 0 aliphatic rings. The lowest BCUT2D eigenvalue weighted by Crippen LogP contribution is -2.24. The SMILES string of the molecule is O=C(NCc1cncs1)OCCO. The number of carbonyl (C=O) groups is 1. The fourth-order valence-corrected chi connectivity index (χ4v) is 1.21. The van der Waals surface area contributed by atoms with Crippen LogP contribution in [0.15, 0.2) is 11.7 Å². The summed E-state index contributed by atoms with van der Waals surface area (Å²) in [6.45, 7) is 0.275. The molecule has 1 aromatic heterocycles. The lowest BCUT2D eigenvalue weighted by atomic mass is 10.5. The van der Waals surface area contributed by atoms with Gasteiger partial charge in [0.05, 0.1) is 18.7 Å². The van der Waals surface area contributed by atoms with Gasteiger partial charge in [-0.3, -0.25) is 4.98 Å². The third-order valence-electron chi connectivity index (χ3n) is 1.21. The second-order valence-electron chi connectivity index (χ2n) is 2.18. The normalized spacial score (nSPS) is 9.62. The molecule has 5 nitrogen and oxygen atoms in total. The fraction of sp³-hybridized carbons (Fsp3) is 0.429. The fourth-order valence-electron chi connectivity index (χ4n) is 0.678. The van der Waals surface area contributed by atoms with E-state index >= 15 is 0 Å². The Kier molecular flexibility index (Phi) is 4.20. The first-order chi connectivity index (χ1) is 6.33. The van der Waals surface area contributed by atoms with E-state index in [1.807, 2.05) is 0 Å². The zero-order valence-corrected chi connectivity index (χ0v) is 7.71. The van der Waals surface area contributed by atoms with Gasteiger partial charge in [0.2, 0.25) is 0 Å². The van der Waals surface area contributed by atoms with Crippen molar-refractivity contribution in [2.75, 3.05) is 13.2 Å². The first-order valence-electron chi connectivity index (χ1n) is 3.72. The summed E-state index contributed by atoms with van der Waals surface area (Å²) in [6.07, 6.45) is 1.15. The topological polar surface area (TPSA) is 71.5 Å². The van der Waals surface area contributed by atoms with Gasteiger partial charge in [-0.2, -0.15) is 0 Å². The maximum absolute atomic E-state index is 10.8. The van der Waals surface area contributed by atoms with Gasteiger partial charge in [0.15, 0.2) is 0 Å². The molecular weight excluding hydrogens is 192 g/mol. The van der Waals surface area contributed by atoms with Crippen LogP contribution in [0.5, 0.6) is 0 Å². The second-order valence-corrected chi connectivity index (χ2v) is 3.15. The third-order valence-corrected chi connectivity index (χ3v) is 1.99. The highest BCUT2D eigenvalue weighted by Crippen LogP contribution is 2.03. The molecule has 1 heterocycles. The number of hydrogen-bond donors (Lipinski definition) is 2. The van der Waals surface area contributed by atoms with E-state index in [-0.39, 0.29) is 13.2 Å². The van der Waals surface area contributed by atoms with Crippen LogP contribution in [-0.2, 0) is 11.3 Å². The summed E-state index contributed by atoms with van der Waals surface area (Å²) in [7, 11) is 0. The molecule has 13 heavy (non-hydrogen) atoms. The number of carbonyl (C=O) groups excluding carboxylic acids is 1. The van der Waals surface area contributed by atoms with Crippen LogP contribution >= 0.6 is 11.3 Å². The Morgan fingerprint density at radius 1 is 1.77 bits per heavy atom. The van der Waals surface area contributed by atoms with Gasteiger partial charge in [0.25, 0.3) is 0 Å². The Bertz CT molecular complexity index is 250. The smallest absolute Gasteiger partial charge is 0.407 e. The highest BCUT2D eigenvalue weighted by Gasteiger charge is 2.01. The van der Waals surface area contributed by atoms with E-state index in [4.69, 9.17) is 5.11 Å². The van der Waals surface area contributed by atoms with Crippen molar-refractivity contribution in [3.63, 3.8) is 0 Å². The highest BCUT2D eigenvalue weighted by atomic mass is 32.1. The average Bonchev–Trinajstić information content (AvgIpc) is 2.64. The van der Waals surface area contributed by atoms with E-state index in [0.29, 0.717) is 6.54 Å². The molecule has 0 aliphatic heterocycles. The van der Waals surface area contributed by atoms with E-state index in [9.17, 15) is 4.79 Å². The van der Waals surface area contributed by atoms with Crippen LogP contribution in [0.25, 0.3) is 0 Å². The van der Waals surface area contributed by atoms with Crippen molar-refractivity contribution < 1.29 is 14.6 Å². The molecule has 1 rings (SSSR count). The average molecular weight is 202 g/mol. The summed E-state index contributed by atoms with van der Waals surface area (Å²) in [6, 6.07) is 0. The highest BCUT2D eigenvalue weighted by molar-refractivity contribution is 7.09. The summed E-state index contributed by atoms with van der Waals surface area (Å²) in [4.78, 5) is 15.6. The van der Waals surface area contributed by atoms with Crippen LogP contribution < -0.4 is 5.32 Å². The van der Waals surface area contributed by atoms with Gasteiger partial charge in [0, 0.05) is 11.1 Å². The van der Waals surface area contributed by atoms with Crippen molar-refractivity contribution in [3.05, 3.63) is 16.6 Å². The number of ether oxygens (including phenoxy) is 1. The Morgan fingerprint density at radius 3 is 3.23 bits per heavy atom. The molecule has 0 spiro atoms. The molecule has 0 saturated heterocycles. The maximum atomic E-state index is 10.8. The molecule has 6 heteroatoms. The van der Waals surface area contributed by atoms with Crippen LogP contribution in [0.3, 0.4) is 0 Å². The number of rotatable bonds is 4. The second kappa shape index (κ2) is 5.50. The van der Waals surface area contributed by atoms with Crippen LogP contribution in [0, 0.1) is 0 Å². The van der Waals surface area contributed by atoms with Gasteiger partial charge in [0.1, 0.15) is 6.61 Å². The van der Waals surface area contributed by atoms with Crippen molar-refractivity contribution in [1.82, 2.24) is 10.3 Å². The predicted molar refractivity (Wildman–Crippen MR) is 47.4 cm³/mol. The van der Waals surface area contributed by atoms with E-state index in [1.165, 1.54) is 11.3 Å². The maximum Gasteiger partial charge on any atom is 0.407 e. The van der Waals surface area contributed by atoms with E-state index < -0.39 is 6.09 Å². The number of aliphatic hydroxyl groups excluding tert-OH is 1. The largest absolute Gasteiger partial charge is 0.447 e. The molecule has 0 unspecified atom stereocenters. The Balaban J connectivity index is 2.15. The van der Waals surface area contributed by atoms with Crippen molar-refractivity contribution in [2.24, 2.45) is 0 Å². The molecule has 2 N–H and O–H groups in total. The first kappa shape index (κ1) is 9.94. The molecule has 0 aliphatic carbocycles. The van der Waals surface area contributed by atoms with Crippen molar-refractivity contribution in [2.45, 2.75) is 6.54 Å². The molecule has 0 aromatic carbocycles. The number of aromatic nitrogens is 1. The number of nitrogens with one attached hydrogen (secondary N) is 1. The molecule has 0 radical (unpaired) electrons. The molecule has 0 bridgehead atoms. The van der Waals surface area contributed by atoms with Crippen LogP contribution in [0.1, 0.15) is 4.88 Å². The minimum Gasteiger partial charge on any atom is -0.447 e. The van der Waals surface area contributed by atoms with Crippen molar-refractivity contribution in [3.8, 4) is 0 Å². The summed E-state index contributed by atoms with van der Waals surface area (Å²) in [5.74, 6) is 0. The molecule has 1 aromatic rings. The number of thiazole rings is 1. The number of aliphatic hydroxyl groups is 1. The zero-order valence-electron chi connectivity index (χ0n) is 6.90. The van der Waals surface area contributed by atoms with Gasteiger partial charge >= 0.3 is 6.09 Å². The standard InChI is InChI=1S/C7H10N2O3S/c10-1-2-12-7(11)9-4-6-3-8-5-13-6/h3,5,10H,1-2,4H2,(H,9,11). The van der Waals surface area contributed by atoms with E-state index in [1.54, 1.807) is 11.7 Å². The monoisotopic (exact) mass is 202 g/mol. The van der Waals surface area contributed by atoms with Crippen LogP contribution in [-0.4, -0.2) is 29.4 Å². The quantitative estimate of drug-likeness (QED) is 0.739. The minimum absolute atomic E-state index is 0.0223.